The average molecular weight is 378 g/mol. The van der Waals surface area contributed by atoms with E-state index in [0.29, 0.717) is 43.3 Å². The van der Waals surface area contributed by atoms with Crippen LogP contribution in [0.5, 0.6) is 0 Å². The van der Waals surface area contributed by atoms with Crippen molar-refractivity contribution in [3.8, 4) is 0 Å². The summed E-state index contributed by atoms with van der Waals surface area (Å²) >= 11 is 5.45. The molecule has 1 heterocycles. The highest BCUT2D eigenvalue weighted by Crippen LogP contribution is 2.20. The van der Waals surface area contributed by atoms with E-state index in [4.69, 9.17) is 22.1 Å². The summed E-state index contributed by atoms with van der Waals surface area (Å²) in [5, 5.41) is 13.9. The molecule has 0 saturated carbocycles. The lowest BCUT2D eigenvalue weighted by molar-refractivity contribution is 0.202. The van der Waals surface area contributed by atoms with Gasteiger partial charge in [-0.05, 0) is 49.7 Å². The van der Waals surface area contributed by atoms with Gasteiger partial charge in [-0.25, -0.2) is 0 Å². The van der Waals surface area contributed by atoms with E-state index in [1.165, 1.54) is 0 Å². The number of methoxy groups -OCH3 is 1. The first kappa shape index (κ1) is 20.4. The van der Waals surface area contributed by atoms with Crippen molar-refractivity contribution in [1.29, 1.82) is 0 Å². The van der Waals surface area contributed by atoms with Gasteiger partial charge in [0, 0.05) is 37.8 Å². The van der Waals surface area contributed by atoms with Gasteiger partial charge in [0.25, 0.3) is 5.56 Å². The highest BCUT2D eigenvalue weighted by atomic mass is 32.1. The number of fused-ring (bicyclic) bond motifs is 1. The van der Waals surface area contributed by atoms with E-state index in [9.17, 15) is 4.79 Å². The van der Waals surface area contributed by atoms with Gasteiger partial charge in [-0.3, -0.25) is 4.79 Å². The van der Waals surface area contributed by atoms with E-state index in [2.05, 4.69) is 16.4 Å². The lowest BCUT2D eigenvalue weighted by Gasteiger charge is -2.25. The highest BCUT2D eigenvalue weighted by Gasteiger charge is 2.14. The van der Waals surface area contributed by atoms with Crippen LogP contribution in [0.15, 0.2) is 23.0 Å². The Balaban J connectivity index is 2.29. The zero-order valence-corrected chi connectivity index (χ0v) is 16.4. The van der Waals surface area contributed by atoms with E-state index >= 15 is 0 Å². The van der Waals surface area contributed by atoms with Crippen LogP contribution in [0, 0.1) is 13.8 Å². The van der Waals surface area contributed by atoms with Gasteiger partial charge in [0.05, 0.1) is 18.7 Å². The topological polar surface area (TPSA) is 77.6 Å². The molecule has 3 N–H and O–H groups in total. The maximum atomic E-state index is 12.6. The molecule has 1 aromatic carbocycles. The van der Waals surface area contributed by atoms with Crippen LogP contribution >= 0.6 is 12.2 Å². The summed E-state index contributed by atoms with van der Waals surface area (Å²) in [5.41, 5.74) is 3.58. The summed E-state index contributed by atoms with van der Waals surface area (Å²) in [6, 6.07) is 6.01. The number of pyridine rings is 1. The van der Waals surface area contributed by atoms with Gasteiger partial charge in [0.15, 0.2) is 5.11 Å². The third-order valence-corrected chi connectivity index (χ3v) is 4.74. The standard InChI is InChI=1S/C19H27N3O3S/c1-13-5-6-14(2)17-16(13)11-15(18(24)21-17)12-22(8-4-9-23)19(26)20-7-10-25-3/h5-6,11,23H,4,7-10,12H2,1-3H3,(H,20,26)(H,21,24). The second kappa shape index (κ2) is 9.66. The molecule has 0 aliphatic heterocycles. The average Bonchev–Trinajstić information content (AvgIpc) is 2.62. The second-order valence-electron chi connectivity index (χ2n) is 6.34. The molecular weight excluding hydrogens is 350 g/mol. The molecule has 7 heteroatoms. The minimum Gasteiger partial charge on any atom is -0.396 e. The van der Waals surface area contributed by atoms with Crippen LogP contribution in [0.25, 0.3) is 10.9 Å². The molecule has 2 aromatic rings. The van der Waals surface area contributed by atoms with E-state index in [-0.39, 0.29) is 12.2 Å². The molecule has 0 spiro atoms. The molecule has 0 unspecified atom stereocenters. The number of aromatic amines is 1. The highest BCUT2D eigenvalue weighted by molar-refractivity contribution is 7.80. The van der Waals surface area contributed by atoms with E-state index in [1.807, 2.05) is 30.9 Å². The van der Waals surface area contributed by atoms with Gasteiger partial charge in [0.1, 0.15) is 0 Å². The molecule has 0 atom stereocenters. The van der Waals surface area contributed by atoms with Crippen molar-refractivity contribution in [3.05, 3.63) is 45.2 Å². The molecule has 142 valence electrons. The monoisotopic (exact) mass is 377 g/mol. The molecule has 1 aromatic heterocycles. The molecule has 0 radical (unpaired) electrons. The number of ether oxygens (including phenoxy) is 1. The van der Waals surface area contributed by atoms with Gasteiger partial charge in [0.2, 0.25) is 0 Å². The van der Waals surface area contributed by atoms with Crippen molar-refractivity contribution < 1.29 is 9.84 Å². The molecule has 0 saturated heterocycles. The van der Waals surface area contributed by atoms with Crippen LogP contribution in [0.4, 0.5) is 0 Å². The van der Waals surface area contributed by atoms with Crippen molar-refractivity contribution in [2.24, 2.45) is 0 Å². The SMILES string of the molecule is COCCNC(=S)N(CCCO)Cc1cc2c(C)ccc(C)c2[nH]c1=O. The lowest BCUT2D eigenvalue weighted by atomic mass is 10.0. The number of thiocarbonyl (C=S) groups is 1. The largest absolute Gasteiger partial charge is 0.396 e. The number of hydrogen-bond acceptors (Lipinski definition) is 4. The van der Waals surface area contributed by atoms with E-state index < -0.39 is 0 Å². The van der Waals surface area contributed by atoms with Crippen molar-refractivity contribution in [2.45, 2.75) is 26.8 Å². The Hall–Kier alpha value is -1.96. The fraction of sp³-hybridized carbons (Fsp3) is 0.474. The van der Waals surface area contributed by atoms with Crippen LogP contribution in [0.1, 0.15) is 23.1 Å². The third-order valence-electron chi connectivity index (χ3n) is 4.34. The maximum Gasteiger partial charge on any atom is 0.253 e. The Bertz CT molecular complexity index is 820. The number of nitrogens with zero attached hydrogens (tertiary/aromatic N) is 1. The predicted octanol–water partition coefficient (Wildman–Crippen LogP) is 1.85. The first-order valence-electron chi connectivity index (χ1n) is 8.72. The fourth-order valence-electron chi connectivity index (χ4n) is 2.83. The first-order valence-corrected chi connectivity index (χ1v) is 9.13. The minimum atomic E-state index is -0.111. The minimum absolute atomic E-state index is 0.0730. The van der Waals surface area contributed by atoms with Crippen LogP contribution in [-0.2, 0) is 11.3 Å². The summed E-state index contributed by atoms with van der Waals surface area (Å²) in [5.74, 6) is 0. The number of aliphatic hydroxyl groups is 1. The molecule has 2 rings (SSSR count). The Morgan fingerprint density at radius 1 is 1.35 bits per heavy atom. The fourth-order valence-corrected chi connectivity index (χ4v) is 3.08. The molecule has 6 nitrogen and oxygen atoms in total. The normalized spacial score (nSPS) is 10.9. The Kier molecular flexibility index (Phi) is 7.56. The summed E-state index contributed by atoms with van der Waals surface area (Å²) in [6.07, 6.45) is 0.579. The number of rotatable bonds is 8. The van der Waals surface area contributed by atoms with Crippen molar-refractivity contribution >= 4 is 28.2 Å². The molecule has 0 aliphatic rings. The number of H-pyrrole nitrogens is 1. The second-order valence-corrected chi connectivity index (χ2v) is 6.72. The summed E-state index contributed by atoms with van der Waals surface area (Å²) in [6.45, 7) is 6.19. The molecule has 0 fully saturated rings. The third kappa shape index (κ3) is 5.03. The van der Waals surface area contributed by atoms with Gasteiger partial charge < -0.3 is 25.0 Å². The van der Waals surface area contributed by atoms with Crippen LogP contribution in [0.2, 0.25) is 0 Å². The van der Waals surface area contributed by atoms with Crippen molar-refractivity contribution in [1.82, 2.24) is 15.2 Å². The van der Waals surface area contributed by atoms with Gasteiger partial charge in [-0.2, -0.15) is 0 Å². The molecule has 0 bridgehead atoms. The van der Waals surface area contributed by atoms with Crippen LogP contribution < -0.4 is 10.9 Å². The Morgan fingerprint density at radius 3 is 2.77 bits per heavy atom. The number of nitrogens with one attached hydrogen (secondary N) is 2. The zero-order chi connectivity index (χ0) is 19.1. The van der Waals surface area contributed by atoms with Crippen molar-refractivity contribution in [2.75, 3.05) is 33.4 Å². The first-order chi connectivity index (χ1) is 12.5. The predicted molar refractivity (Wildman–Crippen MR) is 109 cm³/mol. The van der Waals surface area contributed by atoms with Crippen LogP contribution in [-0.4, -0.2) is 53.5 Å². The summed E-state index contributed by atoms with van der Waals surface area (Å²) in [4.78, 5) is 17.5. The number of aryl methyl sites for hydroxylation is 2. The van der Waals surface area contributed by atoms with Gasteiger partial charge in [-0.15, -0.1) is 0 Å². The maximum absolute atomic E-state index is 12.6. The van der Waals surface area contributed by atoms with E-state index in [1.54, 1.807) is 7.11 Å². The quantitative estimate of drug-likeness (QED) is 0.481. The van der Waals surface area contributed by atoms with Gasteiger partial charge in [-0.1, -0.05) is 12.1 Å². The smallest absolute Gasteiger partial charge is 0.253 e. The molecule has 0 amide bonds. The Labute approximate surface area is 159 Å². The number of aliphatic hydroxyl groups excluding tert-OH is 1. The summed E-state index contributed by atoms with van der Waals surface area (Å²) < 4.78 is 5.03. The Morgan fingerprint density at radius 2 is 2.08 bits per heavy atom. The molecule has 26 heavy (non-hydrogen) atoms. The van der Waals surface area contributed by atoms with Crippen molar-refractivity contribution in [3.63, 3.8) is 0 Å². The summed E-state index contributed by atoms with van der Waals surface area (Å²) in [7, 11) is 1.63. The number of benzene rings is 1. The number of aromatic nitrogens is 1. The van der Waals surface area contributed by atoms with Crippen LogP contribution in [0.3, 0.4) is 0 Å². The lowest BCUT2D eigenvalue weighted by Crippen LogP contribution is -2.42. The molecule has 0 aliphatic carbocycles. The van der Waals surface area contributed by atoms with E-state index in [0.717, 1.165) is 22.0 Å². The zero-order valence-electron chi connectivity index (χ0n) is 15.6. The number of hydrogen-bond donors (Lipinski definition) is 3. The van der Waals surface area contributed by atoms with Gasteiger partial charge >= 0.3 is 0 Å². The molecular formula is C19H27N3O3S.